The molecule has 1 amide bonds. The first-order valence-corrected chi connectivity index (χ1v) is 15.8. The number of likely N-dealkylation sites (tertiary alicyclic amines) is 1. The quantitative estimate of drug-likeness (QED) is 0.442. The van der Waals surface area contributed by atoms with Crippen LogP contribution in [0.5, 0.6) is 0 Å². The number of morpholine rings is 1. The topological polar surface area (TPSA) is 75.5 Å². The van der Waals surface area contributed by atoms with Gasteiger partial charge in [-0.05, 0) is 81.7 Å². The fourth-order valence-corrected chi connectivity index (χ4v) is 7.15. The van der Waals surface area contributed by atoms with Gasteiger partial charge in [0, 0.05) is 62.0 Å². The maximum absolute atomic E-state index is 13.3. The molecule has 1 aromatic carbocycles. The van der Waals surface area contributed by atoms with Crippen LogP contribution in [-0.2, 0) is 22.5 Å². The Morgan fingerprint density at radius 3 is 2.34 bits per heavy atom. The zero-order valence-electron chi connectivity index (χ0n) is 25.1. The number of piperidine rings is 1. The predicted molar refractivity (Wildman–Crippen MR) is 163 cm³/mol. The van der Waals surface area contributed by atoms with Gasteiger partial charge in [0.05, 0.1) is 19.8 Å². The number of pyridine rings is 1. The molecule has 0 spiro atoms. The zero-order chi connectivity index (χ0) is 28.3. The van der Waals surface area contributed by atoms with E-state index in [0.717, 1.165) is 119 Å². The van der Waals surface area contributed by atoms with Crippen molar-refractivity contribution in [3.63, 3.8) is 0 Å². The van der Waals surface area contributed by atoms with E-state index < -0.39 is 0 Å². The molecule has 3 aliphatic rings. The number of carbonyl (C=O) groups excluding carboxylic acids is 1. The summed E-state index contributed by atoms with van der Waals surface area (Å²) >= 11 is 0. The van der Waals surface area contributed by atoms with Gasteiger partial charge in [0.2, 0.25) is 5.91 Å². The molecular formula is C33H46N6O2. The summed E-state index contributed by atoms with van der Waals surface area (Å²) in [6.45, 7) is 12.7. The second-order valence-electron chi connectivity index (χ2n) is 12.3. The first-order chi connectivity index (χ1) is 20.0. The number of amides is 1. The van der Waals surface area contributed by atoms with Crippen LogP contribution in [0.4, 0.5) is 5.69 Å². The van der Waals surface area contributed by atoms with E-state index >= 15 is 0 Å². The van der Waals surface area contributed by atoms with Crippen LogP contribution >= 0.6 is 0 Å². The Labute approximate surface area is 244 Å². The number of benzene rings is 1. The van der Waals surface area contributed by atoms with Crippen molar-refractivity contribution in [2.45, 2.75) is 84.3 Å². The molecule has 0 radical (unpaired) electrons. The number of ether oxygens (including phenoxy) is 1. The Morgan fingerprint density at radius 2 is 1.66 bits per heavy atom. The van der Waals surface area contributed by atoms with Crippen molar-refractivity contribution in [2.75, 3.05) is 44.7 Å². The number of hydrogen-bond donors (Lipinski definition) is 1. The van der Waals surface area contributed by atoms with Crippen molar-refractivity contribution >= 4 is 22.8 Å². The maximum Gasteiger partial charge on any atom is 0.225 e. The number of carbonyl (C=O) groups is 1. The summed E-state index contributed by atoms with van der Waals surface area (Å²) in [6, 6.07) is 12.0. The minimum atomic E-state index is 0.189. The lowest BCUT2D eigenvalue weighted by molar-refractivity contribution is -0.138. The molecule has 3 aromatic rings. The van der Waals surface area contributed by atoms with E-state index in [2.05, 4.69) is 70.8 Å². The molecule has 0 bridgehead atoms. The van der Waals surface area contributed by atoms with E-state index in [0.29, 0.717) is 18.0 Å². The van der Waals surface area contributed by atoms with Crippen molar-refractivity contribution in [2.24, 2.45) is 5.92 Å². The lowest BCUT2D eigenvalue weighted by atomic mass is 9.84. The van der Waals surface area contributed by atoms with Crippen LogP contribution < -0.4 is 5.32 Å². The van der Waals surface area contributed by atoms with Crippen LogP contribution in [0.3, 0.4) is 0 Å². The summed E-state index contributed by atoms with van der Waals surface area (Å²) in [6.07, 6.45) is 7.15. The van der Waals surface area contributed by atoms with Crippen LogP contribution in [0.2, 0.25) is 0 Å². The summed E-state index contributed by atoms with van der Waals surface area (Å²) in [5.74, 6) is 1.66. The van der Waals surface area contributed by atoms with Crippen molar-refractivity contribution in [1.29, 1.82) is 0 Å². The third-order valence-electron chi connectivity index (χ3n) is 9.50. The van der Waals surface area contributed by atoms with Crippen LogP contribution in [0, 0.1) is 19.8 Å². The molecule has 6 rings (SSSR count). The largest absolute Gasteiger partial charge is 0.382 e. The van der Waals surface area contributed by atoms with Gasteiger partial charge in [-0.2, -0.15) is 0 Å². The summed E-state index contributed by atoms with van der Waals surface area (Å²) in [4.78, 5) is 27.7. The molecule has 2 aromatic heterocycles. The Kier molecular flexibility index (Phi) is 8.58. The van der Waals surface area contributed by atoms with Gasteiger partial charge in [-0.25, -0.2) is 9.97 Å². The molecule has 4 heterocycles. The van der Waals surface area contributed by atoms with Gasteiger partial charge in [-0.3, -0.25) is 9.69 Å². The summed E-state index contributed by atoms with van der Waals surface area (Å²) in [7, 11) is 0. The Balaban J connectivity index is 0.991. The number of anilines is 1. The Bertz CT molecular complexity index is 1330. The molecule has 8 heteroatoms. The third-order valence-corrected chi connectivity index (χ3v) is 9.50. The number of hydrogen-bond acceptors (Lipinski definition) is 6. The highest BCUT2D eigenvalue weighted by Gasteiger charge is 2.33. The first kappa shape index (κ1) is 28.2. The monoisotopic (exact) mass is 558 g/mol. The average molecular weight is 559 g/mol. The van der Waals surface area contributed by atoms with Gasteiger partial charge in [0.1, 0.15) is 11.3 Å². The van der Waals surface area contributed by atoms with Gasteiger partial charge >= 0.3 is 0 Å². The molecule has 1 aliphatic carbocycles. The molecule has 1 saturated carbocycles. The summed E-state index contributed by atoms with van der Waals surface area (Å²) < 4.78 is 7.78. The normalized spacial score (nSPS) is 22.8. The van der Waals surface area contributed by atoms with Crippen molar-refractivity contribution in [3.8, 4) is 0 Å². The van der Waals surface area contributed by atoms with Gasteiger partial charge in [0.25, 0.3) is 0 Å². The lowest BCUT2D eigenvalue weighted by Gasteiger charge is -2.41. The number of imidazole rings is 1. The van der Waals surface area contributed by atoms with Gasteiger partial charge in [0.15, 0.2) is 5.65 Å². The minimum absolute atomic E-state index is 0.189. The predicted octanol–water partition coefficient (Wildman–Crippen LogP) is 4.95. The Morgan fingerprint density at radius 1 is 0.951 bits per heavy atom. The number of nitrogens with zero attached hydrogens (tertiary/aromatic N) is 5. The summed E-state index contributed by atoms with van der Waals surface area (Å²) in [5, 5.41) is 3.74. The smallest absolute Gasteiger partial charge is 0.225 e. The molecule has 220 valence electrons. The average Bonchev–Trinajstić information content (AvgIpc) is 3.36. The van der Waals surface area contributed by atoms with Crippen molar-refractivity contribution in [1.82, 2.24) is 24.3 Å². The minimum Gasteiger partial charge on any atom is -0.382 e. The van der Waals surface area contributed by atoms with Crippen molar-refractivity contribution < 1.29 is 9.53 Å². The fraction of sp³-hybridized carbons (Fsp3) is 0.606. The number of fused-ring (bicyclic) bond motifs is 1. The number of nitrogens with one attached hydrogen (secondary N) is 1. The zero-order valence-corrected chi connectivity index (χ0v) is 25.1. The SMILES string of the molecule is CCc1nc2c(C)cc(C)nc2n1Cc1ccc(N[C@H]2CC[C@H](C(=O)N3CCC(N4CCOCC4)CC3)CC2)cc1. The van der Waals surface area contributed by atoms with E-state index in [1.807, 2.05) is 0 Å². The van der Waals surface area contributed by atoms with E-state index in [-0.39, 0.29) is 5.92 Å². The van der Waals surface area contributed by atoms with Gasteiger partial charge < -0.3 is 19.5 Å². The van der Waals surface area contributed by atoms with E-state index in [9.17, 15) is 4.79 Å². The second kappa shape index (κ2) is 12.5. The molecule has 2 aliphatic heterocycles. The molecule has 2 saturated heterocycles. The van der Waals surface area contributed by atoms with Crippen LogP contribution in [-0.4, -0.2) is 81.7 Å². The molecule has 0 atom stereocenters. The molecule has 1 N–H and O–H groups in total. The standard InChI is InChI=1S/C33H46N6O2/c1-4-30-36-31-23(2)21-24(3)34-32(31)39(30)22-25-5-9-27(10-6-25)35-28-11-7-26(8-12-28)33(40)38-15-13-29(14-16-38)37-17-19-41-20-18-37/h5-6,9-10,21,26,28-29,35H,4,7-8,11-20,22H2,1-3H3/t26-,28-. The van der Waals surface area contributed by atoms with Gasteiger partial charge in [-0.1, -0.05) is 19.1 Å². The molecular weight excluding hydrogens is 512 g/mol. The third kappa shape index (κ3) is 6.28. The highest BCUT2D eigenvalue weighted by atomic mass is 16.5. The molecule has 8 nitrogen and oxygen atoms in total. The molecule has 3 fully saturated rings. The first-order valence-electron chi connectivity index (χ1n) is 15.8. The van der Waals surface area contributed by atoms with Crippen LogP contribution in [0.1, 0.15) is 68.1 Å². The van der Waals surface area contributed by atoms with Crippen LogP contribution in [0.25, 0.3) is 11.2 Å². The number of aromatic nitrogens is 3. The molecule has 41 heavy (non-hydrogen) atoms. The Hall–Kier alpha value is -2.97. The fourth-order valence-electron chi connectivity index (χ4n) is 7.15. The second-order valence-corrected chi connectivity index (χ2v) is 12.3. The van der Waals surface area contributed by atoms with Gasteiger partial charge in [-0.15, -0.1) is 0 Å². The highest BCUT2D eigenvalue weighted by Crippen LogP contribution is 2.30. The summed E-state index contributed by atoms with van der Waals surface area (Å²) in [5.41, 5.74) is 6.61. The lowest BCUT2D eigenvalue weighted by Crippen LogP contribution is -2.51. The molecule has 0 unspecified atom stereocenters. The van der Waals surface area contributed by atoms with E-state index in [1.54, 1.807) is 0 Å². The van der Waals surface area contributed by atoms with Crippen molar-refractivity contribution in [3.05, 3.63) is 53.0 Å². The maximum atomic E-state index is 13.3. The number of rotatable bonds is 7. The number of aryl methyl sites for hydroxylation is 3. The highest BCUT2D eigenvalue weighted by molar-refractivity contribution is 5.79. The van der Waals surface area contributed by atoms with E-state index in [4.69, 9.17) is 14.7 Å². The van der Waals surface area contributed by atoms with Crippen LogP contribution in [0.15, 0.2) is 30.3 Å². The van der Waals surface area contributed by atoms with E-state index in [1.165, 1.54) is 11.1 Å².